The SMILES string of the molecule is C=COC(CC)OCc1ccccc1C=C. The molecule has 0 bridgehead atoms. The Morgan fingerprint density at radius 1 is 1.31 bits per heavy atom. The Morgan fingerprint density at radius 3 is 2.69 bits per heavy atom. The molecular weight excluding hydrogens is 200 g/mol. The minimum atomic E-state index is -0.227. The molecule has 1 aromatic carbocycles. The highest BCUT2D eigenvalue weighted by Crippen LogP contribution is 2.13. The van der Waals surface area contributed by atoms with Gasteiger partial charge in [0.05, 0.1) is 12.9 Å². The fourth-order valence-electron chi connectivity index (χ4n) is 1.41. The molecule has 0 saturated carbocycles. The van der Waals surface area contributed by atoms with E-state index in [1.807, 2.05) is 37.3 Å². The summed E-state index contributed by atoms with van der Waals surface area (Å²) in [5.74, 6) is 0. The topological polar surface area (TPSA) is 18.5 Å². The van der Waals surface area contributed by atoms with Crippen molar-refractivity contribution in [3.8, 4) is 0 Å². The van der Waals surface area contributed by atoms with Crippen molar-refractivity contribution in [2.24, 2.45) is 0 Å². The largest absolute Gasteiger partial charge is 0.473 e. The molecule has 1 rings (SSSR count). The van der Waals surface area contributed by atoms with E-state index in [0.717, 1.165) is 17.5 Å². The first-order valence-corrected chi connectivity index (χ1v) is 5.40. The summed E-state index contributed by atoms with van der Waals surface area (Å²) >= 11 is 0. The van der Waals surface area contributed by atoms with Crippen molar-refractivity contribution in [3.63, 3.8) is 0 Å². The second kappa shape index (κ2) is 6.85. The maximum absolute atomic E-state index is 5.62. The smallest absolute Gasteiger partial charge is 0.198 e. The van der Waals surface area contributed by atoms with Crippen molar-refractivity contribution in [1.82, 2.24) is 0 Å². The average Bonchev–Trinajstić information content (AvgIpc) is 2.34. The first-order chi connectivity index (χ1) is 7.81. The predicted molar refractivity (Wildman–Crippen MR) is 66.7 cm³/mol. The molecule has 2 nitrogen and oxygen atoms in total. The first kappa shape index (κ1) is 12.5. The van der Waals surface area contributed by atoms with Gasteiger partial charge in [-0.15, -0.1) is 0 Å². The van der Waals surface area contributed by atoms with E-state index in [0.29, 0.717) is 6.61 Å². The molecule has 86 valence electrons. The minimum absolute atomic E-state index is 0.227. The van der Waals surface area contributed by atoms with E-state index in [4.69, 9.17) is 9.47 Å². The number of rotatable bonds is 7. The molecule has 16 heavy (non-hydrogen) atoms. The maximum atomic E-state index is 5.62. The Balaban J connectivity index is 2.59. The fraction of sp³-hybridized carbons (Fsp3) is 0.286. The standard InChI is InChI=1S/C14H18O2/c1-4-12-9-7-8-10-13(12)11-16-14(5-2)15-6-3/h4,6-10,14H,1,3,5,11H2,2H3. The number of benzene rings is 1. The molecule has 0 fully saturated rings. The van der Waals surface area contributed by atoms with Crippen molar-refractivity contribution < 1.29 is 9.47 Å². The molecule has 0 amide bonds. The van der Waals surface area contributed by atoms with E-state index in [1.54, 1.807) is 0 Å². The van der Waals surface area contributed by atoms with Gasteiger partial charge in [0.2, 0.25) is 0 Å². The van der Waals surface area contributed by atoms with Crippen LogP contribution in [-0.2, 0) is 16.1 Å². The van der Waals surface area contributed by atoms with Crippen molar-refractivity contribution in [3.05, 3.63) is 54.8 Å². The highest BCUT2D eigenvalue weighted by atomic mass is 16.7. The van der Waals surface area contributed by atoms with E-state index < -0.39 is 0 Å². The van der Waals surface area contributed by atoms with E-state index >= 15 is 0 Å². The molecular formula is C14H18O2. The van der Waals surface area contributed by atoms with E-state index in [2.05, 4.69) is 13.2 Å². The lowest BCUT2D eigenvalue weighted by molar-refractivity contribution is -0.115. The second-order valence-corrected chi connectivity index (χ2v) is 3.35. The second-order valence-electron chi connectivity index (χ2n) is 3.35. The molecule has 0 N–H and O–H groups in total. The quantitative estimate of drug-likeness (QED) is 0.512. The zero-order chi connectivity index (χ0) is 11.8. The molecule has 0 spiro atoms. The molecule has 1 aromatic rings. The van der Waals surface area contributed by atoms with Crippen LogP contribution < -0.4 is 0 Å². The van der Waals surface area contributed by atoms with Gasteiger partial charge >= 0.3 is 0 Å². The molecule has 1 atom stereocenters. The van der Waals surface area contributed by atoms with Crippen LogP contribution in [0.25, 0.3) is 6.08 Å². The fourth-order valence-corrected chi connectivity index (χ4v) is 1.41. The van der Waals surface area contributed by atoms with Crippen LogP contribution in [0.2, 0.25) is 0 Å². The van der Waals surface area contributed by atoms with Gasteiger partial charge in [0.15, 0.2) is 6.29 Å². The van der Waals surface area contributed by atoms with Gasteiger partial charge in [-0.25, -0.2) is 0 Å². The van der Waals surface area contributed by atoms with Crippen LogP contribution in [0, 0.1) is 0 Å². The summed E-state index contributed by atoms with van der Waals surface area (Å²) < 4.78 is 10.8. The van der Waals surface area contributed by atoms with Gasteiger partial charge in [0.1, 0.15) is 0 Å². The van der Waals surface area contributed by atoms with Crippen LogP contribution in [0.15, 0.2) is 43.7 Å². The van der Waals surface area contributed by atoms with Crippen LogP contribution in [-0.4, -0.2) is 6.29 Å². The third kappa shape index (κ3) is 3.55. The lowest BCUT2D eigenvalue weighted by atomic mass is 10.1. The number of hydrogen-bond acceptors (Lipinski definition) is 2. The normalized spacial score (nSPS) is 11.8. The van der Waals surface area contributed by atoms with Crippen molar-refractivity contribution >= 4 is 6.08 Å². The number of ether oxygens (including phenoxy) is 2. The first-order valence-electron chi connectivity index (χ1n) is 5.40. The van der Waals surface area contributed by atoms with Crippen molar-refractivity contribution in [1.29, 1.82) is 0 Å². The Morgan fingerprint density at radius 2 is 2.06 bits per heavy atom. The maximum Gasteiger partial charge on any atom is 0.198 e. The molecule has 0 aromatic heterocycles. The van der Waals surface area contributed by atoms with Gasteiger partial charge in [-0.05, 0) is 11.1 Å². The highest BCUT2D eigenvalue weighted by molar-refractivity contribution is 5.51. The molecule has 0 aliphatic carbocycles. The molecule has 1 unspecified atom stereocenters. The summed E-state index contributed by atoms with van der Waals surface area (Å²) in [7, 11) is 0. The van der Waals surface area contributed by atoms with Crippen molar-refractivity contribution in [2.45, 2.75) is 26.2 Å². The third-order valence-electron chi connectivity index (χ3n) is 2.28. The van der Waals surface area contributed by atoms with E-state index in [-0.39, 0.29) is 6.29 Å². The molecule has 0 saturated heterocycles. The third-order valence-corrected chi connectivity index (χ3v) is 2.28. The summed E-state index contributed by atoms with van der Waals surface area (Å²) in [5, 5.41) is 0. The van der Waals surface area contributed by atoms with Crippen LogP contribution in [0.1, 0.15) is 24.5 Å². The Hall–Kier alpha value is -1.54. The molecule has 2 heteroatoms. The van der Waals surface area contributed by atoms with Crippen LogP contribution in [0.4, 0.5) is 0 Å². The van der Waals surface area contributed by atoms with Gasteiger partial charge in [0.25, 0.3) is 0 Å². The van der Waals surface area contributed by atoms with E-state index in [1.165, 1.54) is 6.26 Å². The summed E-state index contributed by atoms with van der Waals surface area (Å²) in [5.41, 5.74) is 2.21. The van der Waals surface area contributed by atoms with Gasteiger partial charge < -0.3 is 9.47 Å². The highest BCUT2D eigenvalue weighted by Gasteiger charge is 2.06. The summed E-state index contributed by atoms with van der Waals surface area (Å²) in [4.78, 5) is 0. The lowest BCUT2D eigenvalue weighted by Crippen LogP contribution is -2.13. The van der Waals surface area contributed by atoms with E-state index in [9.17, 15) is 0 Å². The monoisotopic (exact) mass is 218 g/mol. The zero-order valence-electron chi connectivity index (χ0n) is 9.69. The zero-order valence-corrected chi connectivity index (χ0v) is 9.69. The lowest BCUT2D eigenvalue weighted by Gasteiger charge is -2.16. The van der Waals surface area contributed by atoms with Gasteiger partial charge in [-0.3, -0.25) is 0 Å². The molecule has 0 aliphatic rings. The van der Waals surface area contributed by atoms with Crippen LogP contribution in [0.5, 0.6) is 0 Å². The number of hydrogen-bond donors (Lipinski definition) is 0. The Kier molecular flexibility index (Phi) is 5.37. The van der Waals surface area contributed by atoms with Gasteiger partial charge in [-0.2, -0.15) is 0 Å². The van der Waals surface area contributed by atoms with Gasteiger partial charge in [0, 0.05) is 6.42 Å². The summed E-state index contributed by atoms with van der Waals surface area (Å²) in [6.45, 7) is 9.82. The molecule has 0 aliphatic heterocycles. The molecule has 0 heterocycles. The Labute approximate surface area is 97.2 Å². The van der Waals surface area contributed by atoms with Crippen LogP contribution >= 0.6 is 0 Å². The average molecular weight is 218 g/mol. The Bertz CT molecular complexity index is 344. The summed E-state index contributed by atoms with van der Waals surface area (Å²) in [6.07, 6.45) is 3.81. The summed E-state index contributed by atoms with van der Waals surface area (Å²) in [6, 6.07) is 8.01. The van der Waals surface area contributed by atoms with Gasteiger partial charge in [-0.1, -0.05) is 50.4 Å². The predicted octanol–water partition coefficient (Wildman–Crippen LogP) is 3.74. The minimum Gasteiger partial charge on any atom is -0.473 e. The van der Waals surface area contributed by atoms with Crippen molar-refractivity contribution in [2.75, 3.05) is 0 Å². The van der Waals surface area contributed by atoms with Crippen LogP contribution in [0.3, 0.4) is 0 Å². The molecule has 0 radical (unpaired) electrons.